The Bertz CT molecular complexity index is 1290. The molecule has 0 aromatic heterocycles. The minimum absolute atomic E-state index is 0.220. The SMILES string of the molecule is Cc1cc(C)cc(NC2=C(Sc3ccccc3)C(=O)N(c3ccc(C(=O)OC(C)C)cc3)C2=O)c1. The number of thioether (sulfide) groups is 1. The second-order valence-corrected chi connectivity index (χ2v) is 9.65. The highest BCUT2D eigenvalue weighted by atomic mass is 32.2. The second kappa shape index (κ2) is 10.2. The van der Waals surface area contributed by atoms with E-state index < -0.39 is 17.8 Å². The van der Waals surface area contributed by atoms with E-state index in [0.29, 0.717) is 16.2 Å². The van der Waals surface area contributed by atoms with Crippen molar-refractivity contribution in [3.05, 3.63) is 100 Å². The van der Waals surface area contributed by atoms with Crippen LogP contribution in [0.15, 0.2) is 88.3 Å². The molecule has 3 aromatic rings. The Kier molecular flexibility index (Phi) is 7.07. The summed E-state index contributed by atoms with van der Waals surface area (Å²) in [6, 6.07) is 21.6. The fraction of sp³-hybridized carbons (Fsp3) is 0.179. The molecule has 1 aliphatic heterocycles. The number of nitrogens with one attached hydrogen (secondary N) is 1. The molecule has 0 aliphatic carbocycles. The summed E-state index contributed by atoms with van der Waals surface area (Å²) >= 11 is 1.24. The molecule has 178 valence electrons. The van der Waals surface area contributed by atoms with Crippen LogP contribution in [0, 0.1) is 13.8 Å². The van der Waals surface area contributed by atoms with Crippen LogP contribution in [-0.4, -0.2) is 23.9 Å². The average molecular weight is 487 g/mol. The lowest BCUT2D eigenvalue weighted by molar-refractivity contribution is -0.120. The summed E-state index contributed by atoms with van der Waals surface area (Å²) in [7, 11) is 0. The largest absolute Gasteiger partial charge is 0.459 e. The summed E-state index contributed by atoms with van der Waals surface area (Å²) in [5.74, 6) is -1.33. The zero-order chi connectivity index (χ0) is 25.1. The molecule has 0 saturated carbocycles. The number of imide groups is 1. The normalized spacial score (nSPS) is 13.6. The third-order valence-electron chi connectivity index (χ3n) is 5.20. The first-order chi connectivity index (χ1) is 16.7. The van der Waals surface area contributed by atoms with Gasteiger partial charge in [0.1, 0.15) is 10.6 Å². The average Bonchev–Trinajstić information content (AvgIpc) is 3.03. The number of anilines is 2. The van der Waals surface area contributed by atoms with Gasteiger partial charge in [0.2, 0.25) is 0 Å². The van der Waals surface area contributed by atoms with Crippen LogP contribution >= 0.6 is 11.8 Å². The summed E-state index contributed by atoms with van der Waals surface area (Å²) in [6.07, 6.45) is -0.246. The maximum absolute atomic E-state index is 13.5. The van der Waals surface area contributed by atoms with Gasteiger partial charge in [0.05, 0.1) is 17.4 Å². The number of hydrogen-bond donors (Lipinski definition) is 1. The zero-order valence-electron chi connectivity index (χ0n) is 20.0. The van der Waals surface area contributed by atoms with Crippen LogP contribution in [0.2, 0.25) is 0 Å². The Morgan fingerprint density at radius 1 is 0.886 bits per heavy atom. The monoisotopic (exact) mass is 486 g/mol. The maximum Gasteiger partial charge on any atom is 0.338 e. The van der Waals surface area contributed by atoms with Crippen molar-refractivity contribution >= 4 is 40.9 Å². The van der Waals surface area contributed by atoms with Crippen molar-refractivity contribution in [3.8, 4) is 0 Å². The smallest absolute Gasteiger partial charge is 0.338 e. The van der Waals surface area contributed by atoms with E-state index in [1.165, 1.54) is 11.8 Å². The summed E-state index contributed by atoms with van der Waals surface area (Å²) in [5.41, 5.74) is 3.77. The standard InChI is InChI=1S/C28H26N2O4S/c1-17(2)34-28(33)20-10-12-22(13-11-20)30-26(31)24(29-21-15-18(3)14-19(4)16-21)25(27(30)32)35-23-8-6-5-7-9-23/h5-17,29H,1-4H3. The summed E-state index contributed by atoms with van der Waals surface area (Å²) in [6.45, 7) is 7.50. The number of carbonyl (C=O) groups excluding carboxylic acids is 3. The van der Waals surface area contributed by atoms with Gasteiger partial charge in [-0.15, -0.1) is 0 Å². The molecule has 2 amide bonds. The predicted molar refractivity (Wildman–Crippen MR) is 138 cm³/mol. The van der Waals surface area contributed by atoms with Gasteiger partial charge < -0.3 is 10.1 Å². The van der Waals surface area contributed by atoms with Gasteiger partial charge in [0.15, 0.2) is 0 Å². The van der Waals surface area contributed by atoms with Crippen LogP contribution in [0.3, 0.4) is 0 Å². The summed E-state index contributed by atoms with van der Waals surface area (Å²) in [5, 5.41) is 3.20. The van der Waals surface area contributed by atoms with Gasteiger partial charge in [-0.25, -0.2) is 9.69 Å². The molecule has 0 radical (unpaired) electrons. The minimum atomic E-state index is -0.457. The molecular formula is C28H26N2O4S. The third-order valence-corrected chi connectivity index (χ3v) is 6.29. The molecule has 0 unspecified atom stereocenters. The van der Waals surface area contributed by atoms with Crippen molar-refractivity contribution in [3.63, 3.8) is 0 Å². The third kappa shape index (κ3) is 5.46. The van der Waals surface area contributed by atoms with E-state index in [1.807, 2.05) is 62.4 Å². The zero-order valence-corrected chi connectivity index (χ0v) is 20.8. The van der Waals surface area contributed by atoms with Crippen LogP contribution in [-0.2, 0) is 14.3 Å². The molecule has 35 heavy (non-hydrogen) atoms. The topological polar surface area (TPSA) is 75.7 Å². The van der Waals surface area contributed by atoms with Crippen LogP contribution in [0.5, 0.6) is 0 Å². The van der Waals surface area contributed by atoms with Gasteiger partial charge in [-0.2, -0.15) is 0 Å². The number of aryl methyl sites for hydroxylation is 2. The molecule has 4 rings (SSSR count). The highest BCUT2D eigenvalue weighted by Gasteiger charge is 2.40. The fourth-order valence-electron chi connectivity index (χ4n) is 3.78. The number of esters is 1. The Morgan fingerprint density at radius 2 is 1.51 bits per heavy atom. The number of benzene rings is 3. The second-order valence-electron chi connectivity index (χ2n) is 8.57. The van der Waals surface area contributed by atoms with E-state index in [9.17, 15) is 14.4 Å². The van der Waals surface area contributed by atoms with Crippen molar-refractivity contribution in [2.75, 3.05) is 10.2 Å². The molecule has 0 fully saturated rings. The van der Waals surface area contributed by atoms with E-state index in [2.05, 4.69) is 5.32 Å². The molecule has 0 spiro atoms. The highest BCUT2D eigenvalue weighted by Crippen LogP contribution is 2.38. The van der Waals surface area contributed by atoms with E-state index in [-0.39, 0.29) is 11.8 Å². The van der Waals surface area contributed by atoms with E-state index in [0.717, 1.165) is 26.6 Å². The van der Waals surface area contributed by atoms with Gasteiger partial charge in [-0.05, 0) is 87.4 Å². The number of ether oxygens (including phenoxy) is 1. The quantitative estimate of drug-likeness (QED) is 0.333. The van der Waals surface area contributed by atoms with Crippen LogP contribution in [0.4, 0.5) is 11.4 Å². The number of nitrogens with zero attached hydrogens (tertiary/aromatic N) is 1. The molecule has 1 heterocycles. The molecule has 0 atom stereocenters. The molecular weight excluding hydrogens is 460 g/mol. The van der Waals surface area contributed by atoms with Gasteiger partial charge in [0.25, 0.3) is 11.8 Å². The van der Waals surface area contributed by atoms with Gasteiger partial charge in [0, 0.05) is 10.6 Å². The maximum atomic E-state index is 13.5. The molecule has 1 N–H and O–H groups in total. The first kappa shape index (κ1) is 24.3. The lowest BCUT2D eigenvalue weighted by Gasteiger charge is -2.16. The Balaban J connectivity index is 1.68. The van der Waals surface area contributed by atoms with E-state index in [1.54, 1.807) is 38.1 Å². The van der Waals surface area contributed by atoms with Crippen molar-refractivity contribution in [2.24, 2.45) is 0 Å². The van der Waals surface area contributed by atoms with Crippen molar-refractivity contribution in [1.82, 2.24) is 0 Å². The fourth-order valence-corrected chi connectivity index (χ4v) is 4.72. The number of carbonyl (C=O) groups is 3. The van der Waals surface area contributed by atoms with Crippen molar-refractivity contribution < 1.29 is 19.1 Å². The van der Waals surface area contributed by atoms with Crippen LogP contribution < -0.4 is 10.2 Å². The number of rotatable bonds is 7. The lowest BCUT2D eigenvalue weighted by atomic mass is 10.1. The lowest BCUT2D eigenvalue weighted by Crippen LogP contribution is -2.32. The first-order valence-corrected chi connectivity index (χ1v) is 12.1. The summed E-state index contributed by atoms with van der Waals surface area (Å²) in [4.78, 5) is 41.5. The molecule has 3 aromatic carbocycles. The molecule has 6 nitrogen and oxygen atoms in total. The highest BCUT2D eigenvalue weighted by molar-refractivity contribution is 8.04. The molecule has 0 saturated heterocycles. The van der Waals surface area contributed by atoms with Gasteiger partial charge in [-0.1, -0.05) is 36.0 Å². The minimum Gasteiger partial charge on any atom is -0.459 e. The molecule has 7 heteroatoms. The van der Waals surface area contributed by atoms with Gasteiger partial charge in [-0.3, -0.25) is 9.59 Å². The van der Waals surface area contributed by atoms with Crippen molar-refractivity contribution in [2.45, 2.75) is 38.7 Å². The Morgan fingerprint density at radius 3 is 2.11 bits per heavy atom. The Labute approximate surface area is 209 Å². The van der Waals surface area contributed by atoms with Crippen LogP contribution in [0.1, 0.15) is 35.3 Å². The molecule has 0 bridgehead atoms. The Hall–Kier alpha value is -3.84. The first-order valence-electron chi connectivity index (χ1n) is 11.3. The van der Waals surface area contributed by atoms with E-state index >= 15 is 0 Å². The predicted octanol–water partition coefficient (Wildman–Crippen LogP) is 5.86. The van der Waals surface area contributed by atoms with Crippen LogP contribution in [0.25, 0.3) is 0 Å². The van der Waals surface area contributed by atoms with Gasteiger partial charge >= 0.3 is 5.97 Å². The number of amides is 2. The summed E-state index contributed by atoms with van der Waals surface area (Å²) < 4.78 is 5.22. The van der Waals surface area contributed by atoms with E-state index in [4.69, 9.17) is 4.74 Å². The van der Waals surface area contributed by atoms with Crippen molar-refractivity contribution in [1.29, 1.82) is 0 Å². The molecule has 1 aliphatic rings. The number of hydrogen-bond acceptors (Lipinski definition) is 6.